The van der Waals surface area contributed by atoms with Gasteiger partial charge in [0.1, 0.15) is 18.4 Å². The Morgan fingerprint density at radius 3 is 2.70 bits per heavy atom. The Bertz CT molecular complexity index is 108. The van der Waals surface area contributed by atoms with E-state index in [0.29, 0.717) is 0 Å². The van der Waals surface area contributed by atoms with Crippen LogP contribution in [-0.4, -0.2) is 6.10 Å². The quantitative estimate of drug-likeness (QED) is 0.520. The molecule has 0 fully saturated rings. The van der Waals surface area contributed by atoms with E-state index in [-0.39, 0.29) is 6.10 Å². The van der Waals surface area contributed by atoms with Gasteiger partial charge in [-0.2, -0.15) is 0 Å². The fourth-order valence-corrected chi connectivity index (χ4v) is 1.59. The molecule has 0 aromatic heterocycles. The number of hydrogen-bond acceptors (Lipinski definition) is 2. The first-order valence-electron chi connectivity index (χ1n) is 3.49. The summed E-state index contributed by atoms with van der Waals surface area (Å²) in [4.78, 5) is 0. The van der Waals surface area contributed by atoms with E-state index in [1.54, 1.807) is 0 Å². The van der Waals surface area contributed by atoms with Gasteiger partial charge in [-0.3, -0.25) is 0 Å². The highest BCUT2D eigenvalue weighted by atomic mass is 32.7. The molecule has 60 valence electrons. The molecule has 0 heterocycles. The van der Waals surface area contributed by atoms with Crippen molar-refractivity contribution in [2.75, 3.05) is 0 Å². The fourth-order valence-electron chi connectivity index (χ4n) is 0.698. The molecule has 2 unspecified atom stereocenters. The van der Waals surface area contributed by atoms with Crippen LogP contribution in [0.5, 0.6) is 0 Å². The summed E-state index contributed by atoms with van der Waals surface area (Å²) in [6, 6.07) is 0. The van der Waals surface area contributed by atoms with Gasteiger partial charge in [0, 0.05) is 0 Å². The summed E-state index contributed by atoms with van der Waals surface area (Å²) in [6.45, 7) is 4.03. The standard InChI is InChI=1S/C6H13O2PS/c1-3-4-5-6(2)8-9(7)10/h6H,3-5H2,1-2H3/p+1. The van der Waals surface area contributed by atoms with Gasteiger partial charge in [-0.15, -0.1) is 4.52 Å². The molecule has 2 nitrogen and oxygen atoms in total. The van der Waals surface area contributed by atoms with E-state index >= 15 is 0 Å². The molecule has 0 aliphatic heterocycles. The van der Waals surface area contributed by atoms with Crippen molar-refractivity contribution in [3.63, 3.8) is 0 Å². The van der Waals surface area contributed by atoms with Crippen molar-refractivity contribution in [3.05, 3.63) is 0 Å². The molecule has 10 heavy (non-hydrogen) atoms. The van der Waals surface area contributed by atoms with Crippen LogP contribution in [0.2, 0.25) is 0 Å². The molecule has 0 saturated heterocycles. The van der Waals surface area contributed by atoms with E-state index in [4.69, 9.17) is 4.52 Å². The van der Waals surface area contributed by atoms with Gasteiger partial charge in [-0.05, 0) is 17.9 Å². The minimum Gasteiger partial charge on any atom is -0.133 e. The zero-order valence-corrected chi connectivity index (χ0v) is 8.20. The largest absolute Gasteiger partial charge is 0.582 e. The van der Waals surface area contributed by atoms with E-state index in [1.807, 2.05) is 6.92 Å². The van der Waals surface area contributed by atoms with Gasteiger partial charge in [0.25, 0.3) is 0 Å². The second kappa shape index (κ2) is 6.14. The predicted molar refractivity (Wildman–Crippen MR) is 46.7 cm³/mol. The Hall–Kier alpha value is 0.410. The Labute approximate surface area is 68.4 Å². The summed E-state index contributed by atoms with van der Waals surface area (Å²) in [5.41, 5.74) is 0. The summed E-state index contributed by atoms with van der Waals surface area (Å²) in [5, 5.41) is 0. The summed E-state index contributed by atoms with van der Waals surface area (Å²) < 4.78 is 15.3. The van der Waals surface area contributed by atoms with Crippen LogP contribution < -0.4 is 0 Å². The Morgan fingerprint density at radius 2 is 2.30 bits per heavy atom. The summed E-state index contributed by atoms with van der Waals surface area (Å²) in [7, 11) is -1.71. The highest BCUT2D eigenvalue weighted by Crippen LogP contribution is 2.30. The molecule has 0 aromatic carbocycles. The van der Waals surface area contributed by atoms with E-state index in [9.17, 15) is 4.57 Å². The molecular formula is C6H14O2PS+. The van der Waals surface area contributed by atoms with Gasteiger partial charge in [0.2, 0.25) is 0 Å². The number of rotatable bonds is 5. The molecule has 0 amide bonds. The van der Waals surface area contributed by atoms with E-state index in [0.717, 1.165) is 19.3 Å². The highest BCUT2D eigenvalue weighted by Gasteiger charge is 2.15. The van der Waals surface area contributed by atoms with Crippen LogP contribution in [-0.2, 0) is 9.09 Å². The smallest absolute Gasteiger partial charge is 0.133 e. The first kappa shape index (κ1) is 10.4. The van der Waals surface area contributed by atoms with Gasteiger partial charge in [-0.25, -0.2) is 0 Å². The number of unbranched alkanes of at least 4 members (excludes halogenated alkanes) is 1. The second-order valence-corrected chi connectivity index (χ2v) is 3.96. The van der Waals surface area contributed by atoms with Gasteiger partial charge in [-0.1, -0.05) is 19.8 Å². The molecule has 2 atom stereocenters. The Morgan fingerprint density at radius 1 is 1.70 bits per heavy atom. The molecule has 0 aliphatic rings. The lowest BCUT2D eigenvalue weighted by atomic mass is 10.2. The topological polar surface area (TPSA) is 26.3 Å². The molecule has 0 saturated carbocycles. The van der Waals surface area contributed by atoms with Crippen molar-refractivity contribution < 1.29 is 9.09 Å². The van der Waals surface area contributed by atoms with Crippen molar-refractivity contribution in [1.82, 2.24) is 0 Å². The molecule has 0 N–H and O–H groups in total. The van der Waals surface area contributed by atoms with Crippen LogP contribution in [0.25, 0.3) is 0 Å². The van der Waals surface area contributed by atoms with Crippen molar-refractivity contribution in [2.45, 2.75) is 39.2 Å². The van der Waals surface area contributed by atoms with Crippen molar-refractivity contribution in [2.24, 2.45) is 0 Å². The lowest BCUT2D eigenvalue weighted by Crippen LogP contribution is -2.00. The minimum absolute atomic E-state index is 0.0843. The first-order chi connectivity index (χ1) is 4.66. The SMILES string of the molecule is CCCCC(C)O[P+](=O)S. The normalized spacial score (nSPS) is 14.9. The lowest BCUT2D eigenvalue weighted by Gasteiger charge is -2.00. The molecule has 4 heteroatoms. The van der Waals surface area contributed by atoms with Crippen LogP contribution in [0.1, 0.15) is 33.1 Å². The Kier molecular flexibility index (Phi) is 6.39. The molecule has 0 bridgehead atoms. The fraction of sp³-hybridized carbons (Fsp3) is 1.00. The number of hydrogen-bond donors (Lipinski definition) is 1. The molecule has 0 rings (SSSR count). The third kappa shape index (κ3) is 6.53. The maximum atomic E-state index is 10.4. The first-order valence-corrected chi connectivity index (χ1v) is 5.82. The van der Waals surface area contributed by atoms with Crippen LogP contribution in [0, 0.1) is 0 Å². The maximum absolute atomic E-state index is 10.4. The minimum atomic E-state index is -1.71. The second-order valence-electron chi connectivity index (χ2n) is 2.30. The predicted octanol–water partition coefficient (Wildman–Crippen LogP) is 3.17. The maximum Gasteiger partial charge on any atom is 0.582 e. The molecule has 0 aliphatic carbocycles. The monoisotopic (exact) mass is 181 g/mol. The van der Waals surface area contributed by atoms with Crippen LogP contribution in [0.3, 0.4) is 0 Å². The van der Waals surface area contributed by atoms with Gasteiger partial charge in [0.05, 0.1) is 0 Å². The van der Waals surface area contributed by atoms with E-state index < -0.39 is 7.23 Å². The van der Waals surface area contributed by atoms with Gasteiger partial charge < -0.3 is 0 Å². The highest BCUT2D eigenvalue weighted by molar-refractivity contribution is 8.39. The molecule has 0 aromatic rings. The molecular weight excluding hydrogens is 167 g/mol. The van der Waals surface area contributed by atoms with Crippen LogP contribution in [0.4, 0.5) is 0 Å². The van der Waals surface area contributed by atoms with Crippen molar-refractivity contribution in [1.29, 1.82) is 0 Å². The average molecular weight is 181 g/mol. The van der Waals surface area contributed by atoms with E-state index in [1.165, 1.54) is 0 Å². The zero-order valence-electron chi connectivity index (χ0n) is 6.41. The molecule has 0 spiro atoms. The van der Waals surface area contributed by atoms with Gasteiger partial charge >= 0.3 is 7.23 Å². The Balaban J connectivity index is 3.25. The van der Waals surface area contributed by atoms with Gasteiger partial charge in [0.15, 0.2) is 0 Å². The molecule has 0 radical (unpaired) electrons. The summed E-state index contributed by atoms with van der Waals surface area (Å²) >= 11 is 3.65. The zero-order chi connectivity index (χ0) is 7.98. The summed E-state index contributed by atoms with van der Waals surface area (Å²) in [5.74, 6) is 0. The summed E-state index contributed by atoms with van der Waals surface area (Å²) in [6.07, 6.45) is 3.33. The average Bonchev–Trinajstić information content (AvgIpc) is 1.82. The lowest BCUT2D eigenvalue weighted by molar-refractivity contribution is 0.227. The van der Waals surface area contributed by atoms with E-state index in [2.05, 4.69) is 19.2 Å². The number of thiol groups is 1. The van der Waals surface area contributed by atoms with Crippen LogP contribution >= 0.6 is 19.5 Å². The van der Waals surface area contributed by atoms with Crippen molar-refractivity contribution >= 4 is 19.5 Å². The van der Waals surface area contributed by atoms with Crippen LogP contribution in [0.15, 0.2) is 0 Å². The third-order valence-corrected chi connectivity index (χ3v) is 2.06. The third-order valence-electron chi connectivity index (χ3n) is 1.23. The van der Waals surface area contributed by atoms with Crippen molar-refractivity contribution in [3.8, 4) is 0 Å².